The molecule has 2 N–H and O–H groups in total. The van der Waals surface area contributed by atoms with Gasteiger partial charge in [0.15, 0.2) is 0 Å². The number of nitrogens with one attached hydrogen (secondary N) is 2. The van der Waals surface area contributed by atoms with E-state index >= 15 is 0 Å². The van der Waals surface area contributed by atoms with Crippen molar-refractivity contribution in [1.29, 1.82) is 0 Å². The van der Waals surface area contributed by atoms with Gasteiger partial charge in [0.2, 0.25) is 5.91 Å². The summed E-state index contributed by atoms with van der Waals surface area (Å²) in [5, 5.41) is 5.87. The van der Waals surface area contributed by atoms with Crippen LogP contribution in [0, 0.1) is 5.41 Å². The van der Waals surface area contributed by atoms with Crippen LogP contribution >= 0.6 is 0 Å². The number of morpholine rings is 1. The molecule has 2 amide bonds. The van der Waals surface area contributed by atoms with Gasteiger partial charge in [0.05, 0.1) is 13.2 Å². The van der Waals surface area contributed by atoms with Crippen LogP contribution < -0.4 is 10.6 Å². The average Bonchev–Trinajstić information content (AvgIpc) is 2.60. The molecule has 0 unspecified atom stereocenters. The smallest absolute Gasteiger partial charge is 0.251 e. The number of anilines is 1. The standard InChI is InChI=1S/C20H31N3O3/c1-19(2,3)18(25)22-16-8-6-7-15(13-16)17(24)21-14-20(4,5)23-9-11-26-12-10-23/h6-8,13H,9-12,14H2,1-5H3,(H,21,24)(H,22,25). The third-order valence-electron chi connectivity index (χ3n) is 4.61. The molecule has 6 heteroatoms. The van der Waals surface area contributed by atoms with Crippen molar-refractivity contribution in [3.63, 3.8) is 0 Å². The summed E-state index contributed by atoms with van der Waals surface area (Å²) in [6, 6.07) is 7.03. The SMILES string of the molecule is CC(C)(C)C(=O)Nc1cccc(C(=O)NCC(C)(C)N2CCOCC2)c1. The highest BCUT2D eigenvalue weighted by atomic mass is 16.5. The molecule has 0 radical (unpaired) electrons. The van der Waals surface area contributed by atoms with Crippen molar-refractivity contribution in [2.75, 3.05) is 38.2 Å². The molecule has 1 heterocycles. The van der Waals surface area contributed by atoms with Crippen molar-refractivity contribution in [2.45, 2.75) is 40.2 Å². The molecule has 1 aromatic rings. The molecule has 1 fully saturated rings. The van der Waals surface area contributed by atoms with E-state index in [1.54, 1.807) is 24.3 Å². The lowest BCUT2D eigenvalue weighted by atomic mass is 9.95. The molecule has 0 aromatic heterocycles. The lowest BCUT2D eigenvalue weighted by molar-refractivity contribution is -0.123. The molecule has 6 nitrogen and oxygen atoms in total. The number of carbonyl (C=O) groups is 2. The maximum atomic E-state index is 12.5. The van der Waals surface area contributed by atoms with E-state index in [0.717, 1.165) is 26.3 Å². The van der Waals surface area contributed by atoms with E-state index in [2.05, 4.69) is 29.4 Å². The van der Waals surface area contributed by atoms with Crippen molar-refractivity contribution >= 4 is 17.5 Å². The summed E-state index contributed by atoms with van der Waals surface area (Å²) in [6.45, 7) is 13.6. The van der Waals surface area contributed by atoms with Crippen LogP contribution in [0.1, 0.15) is 45.0 Å². The maximum Gasteiger partial charge on any atom is 0.251 e. The number of hydrogen-bond donors (Lipinski definition) is 2. The Kier molecular flexibility index (Phi) is 6.42. The van der Waals surface area contributed by atoms with E-state index < -0.39 is 5.41 Å². The van der Waals surface area contributed by atoms with Gasteiger partial charge in [-0.1, -0.05) is 26.8 Å². The van der Waals surface area contributed by atoms with Crippen LogP contribution in [0.2, 0.25) is 0 Å². The molecule has 0 atom stereocenters. The fraction of sp³-hybridized carbons (Fsp3) is 0.600. The summed E-state index contributed by atoms with van der Waals surface area (Å²) in [4.78, 5) is 27.0. The fourth-order valence-electron chi connectivity index (χ4n) is 2.74. The quantitative estimate of drug-likeness (QED) is 0.845. The molecule has 0 saturated carbocycles. The van der Waals surface area contributed by atoms with Crippen molar-refractivity contribution in [3.8, 4) is 0 Å². The van der Waals surface area contributed by atoms with E-state index in [1.807, 2.05) is 20.8 Å². The Hall–Kier alpha value is -1.92. The average molecular weight is 361 g/mol. The lowest BCUT2D eigenvalue weighted by Crippen LogP contribution is -2.55. The second-order valence-electron chi connectivity index (χ2n) is 8.38. The van der Waals surface area contributed by atoms with Gasteiger partial charge in [-0.25, -0.2) is 0 Å². The van der Waals surface area contributed by atoms with Gasteiger partial charge in [-0.3, -0.25) is 14.5 Å². The van der Waals surface area contributed by atoms with Crippen molar-refractivity contribution in [2.24, 2.45) is 5.41 Å². The first-order valence-corrected chi connectivity index (χ1v) is 9.12. The molecule has 1 aromatic carbocycles. The molecule has 0 spiro atoms. The van der Waals surface area contributed by atoms with Gasteiger partial charge in [-0.2, -0.15) is 0 Å². The number of rotatable bonds is 5. The Morgan fingerprint density at radius 1 is 1.12 bits per heavy atom. The van der Waals surface area contributed by atoms with Crippen LogP contribution in [0.25, 0.3) is 0 Å². The van der Waals surface area contributed by atoms with Gasteiger partial charge in [-0.05, 0) is 32.0 Å². The molecule has 1 aliphatic rings. The third kappa shape index (κ3) is 5.54. The second-order valence-corrected chi connectivity index (χ2v) is 8.38. The van der Waals surface area contributed by atoms with E-state index in [0.29, 0.717) is 17.8 Å². The van der Waals surface area contributed by atoms with E-state index in [-0.39, 0.29) is 17.4 Å². The van der Waals surface area contributed by atoms with Crippen LogP contribution in [0.15, 0.2) is 24.3 Å². The topological polar surface area (TPSA) is 70.7 Å². The summed E-state index contributed by atoms with van der Waals surface area (Å²) in [6.07, 6.45) is 0. The number of benzene rings is 1. The molecular weight excluding hydrogens is 330 g/mol. The van der Waals surface area contributed by atoms with Crippen molar-refractivity contribution in [3.05, 3.63) is 29.8 Å². The Labute approximate surface area is 156 Å². The van der Waals surface area contributed by atoms with Gasteiger partial charge in [0, 0.05) is 41.8 Å². The fourth-order valence-corrected chi connectivity index (χ4v) is 2.74. The predicted molar refractivity (Wildman–Crippen MR) is 103 cm³/mol. The van der Waals surface area contributed by atoms with Gasteiger partial charge >= 0.3 is 0 Å². The normalized spacial score (nSPS) is 16.2. The monoisotopic (exact) mass is 361 g/mol. The first kappa shape index (κ1) is 20.4. The van der Waals surface area contributed by atoms with E-state index in [1.165, 1.54) is 0 Å². The molecule has 0 bridgehead atoms. The minimum absolute atomic E-state index is 0.0801. The summed E-state index contributed by atoms with van der Waals surface area (Å²) in [7, 11) is 0. The number of ether oxygens (including phenoxy) is 1. The first-order valence-electron chi connectivity index (χ1n) is 9.12. The molecule has 1 aliphatic heterocycles. The molecule has 26 heavy (non-hydrogen) atoms. The van der Waals surface area contributed by atoms with E-state index in [4.69, 9.17) is 4.74 Å². The number of nitrogens with zero attached hydrogens (tertiary/aromatic N) is 1. The van der Waals surface area contributed by atoms with Crippen LogP contribution in [0.5, 0.6) is 0 Å². The van der Waals surface area contributed by atoms with Crippen LogP contribution in [0.3, 0.4) is 0 Å². The van der Waals surface area contributed by atoms with Crippen LogP contribution in [-0.4, -0.2) is 55.1 Å². The van der Waals surface area contributed by atoms with Gasteiger partial charge in [0.25, 0.3) is 5.91 Å². The van der Waals surface area contributed by atoms with E-state index in [9.17, 15) is 9.59 Å². The van der Waals surface area contributed by atoms with Gasteiger partial charge < -0.3 is 15.4 Å². The number of amides is 2. The molecule has 2 rings (SSSR count). The molecular formula is C20H31N3O3. The molecule has 0 aliphatic carbocycles. The predicted octanol–water partition coefficient (Wildman–Crippen LogP) is 2.51. The highest BCUT2D eigenvalue weighted by Crippen LogP contribution is 2.19. The molecule has 1 saturated heterocycles. The lowest BCUT2D eigenvalue weighted by Gasteiger charge is -2.40. The highest BCUT2D eigenvalue weighted by molar-refractivity contribution is 5.98. The van der Waals surface area contributed by atoms with Crippen LogP contribution in [-0.2, 0) is 9.53 Å². The maximum absolute atomic E-state index is 12.5. The first-order chi connectivity index (χ1) is 12.1. The summed E-state index contributed by atoms with van der Waals surface area (Å²) < 4.78 is 5.39. The highest BCUT2D eigenvalue weighted by Gasteiger charge is 2.28. The Bertz CT molecular complexity index is 644. The zero-order valence-electron chi connectivity index (χ0n) is 16.5. The summed E-state index contributed by atoms with van der Waals surface area (Å²) in [5.41, 5.74) is 0.539. The summed E-state index contributed by atoms with van der Waals surface area (Å²) >= 11 is 0. The largest absolute Gasteiger partial charge is 0.379 e. The minimum atomic E-state index is -0.486. The van der Waals surface area contributed by atoms with Gasteiger partial charge in [0.1, 0.15) is 0 Å². The zero-order chi connectivity index (χ0) is 19.4. The van der Waals surface area contributed by atoms with Crippen molar-refractivity contribution in [1.82, 2.24) is 10.2 Å². The Balaban J connectivity index is 1.97. The Morgan fingerprint density at radius 2 is 1.77 bits per heavy atom. The summed E-state index contributed by atoms with van der Waals surface area (Å²) in [5.74, 6) is -0.221. The third-order valence-corrected chi connectivity index (χ3v) is 4.61. The number of hydrogen-bond acceptors (Lipinski definition) is 4. The second kappa shape index (κ2) is 8.18. The van der Waals surface area contributed by atoms with Crippen molar-refractivity contribution < 1.29 is 14.3 Å². The van der Waals surface area contributed by atoms with Crippen LogP contribution in [0.4, 0.5) is 5.69 Å². The molecule has 144 valence electrons. The number of carbonyl (C=O) groups excluding carboxylic acids is 2. The zero-order valence-corrected chi connectivity index (χ0v) is 16.5. The Morgan fingerprint density at radius 3 is 2.38 bits per heavy atom. The minimum Gasteiger partial charge on any atom is -0.379 e. The van der Waals surface area contributed by atoms with Gasteiger partial charge in [-0.15, -0.1) is 0 Å².